The molecule has 1 rings (SSSR count). The van der Waals surface area contributed by atoms with Crippen molar-refractivity contribution in [3.05, 3.63) is 16.1 Å². The Morgan fingerprint density at radius 2 is 2.22 bits per heavy atom. The molecule has 1 aromatic heterocycles. The Bertz CT molecular complexity index is 343. The molecule has 0 spiro atoms. The lowest BCUT2D eigenvalue weighted by Crippen LogP contribution is -2.39. The highest BCUT2D eigenvalue weighted by Crippen LogP contribution is 2.24. The minimum absolute atomic E-state index is 0.351. The molecule has 18 heavy (non-hydrogen) atoms. The first kappa shape index (κ1) is 15.6. The summed E-state index contributed by atoms with van der Waals surface area (Å²) in [5, 5.41) is 6.65. The van der Waals surface area contributed by atoms with Crippen LogP contribution < -0.4 is 5.32 Å². The van der Waals surface area contributed by atoms with Gasteiger partial charge in [0.15, 0.2) is 0 Å². The third-order valence-electron chi connectivity index (χ3n) is 3.21. The van der Waals surface area contributed by atoms with Gasteiger partial charge in [-0.25, -0.2) is 4.98 Å². The molecule has 0 aliphatic carbocycles. The van der Waals surface area contributed by atoms with Crippen LogP contribution in [0.3, 0.4) is 0 Å². The molecule has 0 aliphatic heterocycles. The van der Waals surface area contributed by atoms with Crippen LogP contribution in [-0.2, 0) is 6.54 Å². The zero-order chi connectivity index (χ0) is 13.6. The van der Waals surface area contributed by atoms with Crippen LogP contribution in [0.2, 0.25) is 0 Å². The third-order valence-corrected chi connectivity index (χ3v) is 4.03. The summed E-state index contributed by atoms with van der Waals surface area (Å²) < 4.78 is 0. The Labute approximate surface area is 116 Å². The lowest BCUT2D eigenvalue weighted by molar-refractivity contribution is 0.170. The van der Waals surface area contributed by atoms with Gasteiger partial charge < -0.3 is 5.32 Å². The highest BCUT2D eigenvalue weighted by molar-refractivity contribution is 7.09. The number of nitrogens with one attached hydrogen (secondary N) is 1. The molecule has 1 atom stereocenters. The molecule has 1 unspecified atom stereocenters. The van der Waals surface area contributed by atoms with E-state index in [2.05, 4.69) is 48.4 Å². The molecule has 0 saturated carbocycles. The monoisotopic (exact) mass is 269 g/mol. The molecule has 0 radical (unpaired) electrons. The molecule has 0 saturated heterocycles. The van der Waals surface area contributed by atoms with E-state index in [4.69, 9.17) is 0 Å². The second-order valence-electron chi connectivity index (χ2n) is 5.62. The van der Waals surface area contributed by atoms with Crippen LogP contribution in [-0.4, -0.2) is 37.1 Å². The summed E-state index contributed by atoms with van der Waals surface area (Å²) in [5.74, 6) is 0. The highest BCUT2D eigenvalue weighted by Gasteiger charge is 2.24. The Balaban J connectivity index is 2.52. The Kier molecular flexibility index (Phi) is 6.26. The van der Waals surface area contributed by atoms with Gasteiger partial charge in [0.25, 0.3) is 0 Å². The third kappa shape index (κ3) is 5.04. The number of aryl methyl sites for hydroxylation is 1. The average Bonchev–Trinajstić information content (AvgIpc) is 2.63. The number of thiazole rings is 1. The molecular formula is C14H27N3S. The maximum atomic E-state index is 4.53. The van der Waals surface area contributed by atoms with E-state index >= 15 is 0 Å². The van der Waals surface area contributed by atoms with Crippen LogP contribution in [0.4, 0.5) is 0 Å². The van der Waals surface area contributed by atoms with Crippen molar-refractivity contribution >= 4 is 11.3 Å². The SMILES string of the molecule is CCCC(C)(CNC)CN(C)Cc1csc(C)n1. The molecule has 0 bridgehead atoms. The number of rotatable bonds is 8. The van der Waals surface area contributed by atoms with E-state index in [1.807, 2.05) is 7.05 Å². The maximum absolute atomic E-state index is 4.53. The van der Waals surface area contributed by atoms with Crippen LogP contribution in [0.25, 0.3) is 0 Å². The van der Waals surface area contributed by atoms with E-state index < -0.39 is 0 Å². The predicted molar refractivity (Wildman–Crippen MR) is 80.1 cm³/mol. The molecule has 4 heteroatoms. The van der Waals surface area contributed by atoms with Crippen LogP contribution in [0.1, 0.15) is 37.4 Å². The zero-order valence-electron chi connectivity index (χ0n) is 12.4. The van der Waals surface area contributed by atoms with E-state index in [0.717, 1.165) is 24.6 Å². The molecular weight excluding hydrogens is 242 g/mol. The fourth-order valence-corrected chi connectivity index (χ4v) is 3.32. The fourth-order valence-electron chi connectivity index (χ4n) is 2.72. The normalized spacial score (nSPS) is 15.0. The minimum Gasteiger partial charge on any atom is -0.319 e. The van der Waals surface area contributed by atoms with Gasteiger partial charge in [-0.3, -0.25) is 4.90 Å². The predicted octanol–water partition coefficient (Wildman–Crippen LogP) is 2.91. The van der Waals surface area contributed by atoms with Gasteiger partial charge in [-0.2, -0.15) is 0 Å². The molecule has 0 aromatic carbocycles. The van der Waals surface area contributed by atoms with Crippen molar-refractivity contribution in [1.82, 2.24) is 15.2 Å². The van der Waals surface area contributed by atoms with Crippen molar-refractivity contribution in [2.75, 3.05) is 27.2 Å². The van der Waals surface area contributed by atoms with Crippen molar-refractivity contribution in [2.45, 2.75) is 40.2 Å². The summed E-state index contributed by atoms with van der Waals surface area (Å²) in [7, 11) is 4.23. The van der Waals surface area contributed by atoms with Gasteiger partial charge in [0.1, 0.15) is 0 Å². The summed E-state index contributed by atoms with van der Waals surface area (Å²) in [6.45, 7) is 9.83. The Morgan fingerprint density at radius 3 is 2.72 bits per heavy atom. The van der Waals surface area contributed by atoms with Crippen LogP contribution >= 0.6 is 11.3 Å². The van der Waals surface area contributed by atoms with Gasteiger partial charge in [-0.05, 0) is 32.9 Å². The summed E-state index contributed by atoms with van der Waals surface area (Å²) in [4.78, 5) is 6.92. The van der Waals surface area contributed by atoms with Crippen molar-refractivity contribution in [1.29, 1.82) is 0 Å². The quantitative estimate of drug-likeness (QED) is 0.786. The lowest BCUT2D eigenvalue weighted by Gasteiger charge is -2.33. The highest BCUT2D eigenvalue weighted by atomic mass is 32.1. The number of aromatic nitrogens is 1. The molecule has 1 aromatic rings. The average molecular weight is 269 g/mol. The van der Waals surface area contributed by atoms with Gasteiger partial charge >= 0.3 is 0 Å². The van der Waals surface area contributed by atoms with E-state index in [1.54, 1.807) is 11.3 Å². The smallest absolute Gasteiger partial charge is 0.0897 e. The van der Waals surface area contributed by atoms with Gasteiger partial charge in [0.05, 0.1) is 10.7 Å². The summed E-state index contributed by atoms with van der Waals surface area (Å²) >= 11 is 1.73. The molecule has 0 fully saturated rings. The second kappa shape index (κ2) is 7.22. The molecule has 3 nitrogen and oxygen atoms in total. The molecule has 1 heterocycles. The van der Waals surface area contributed by atoms with E-state index in [9.17, 15) is 0 Å². The lowest BCUT2D eigenvalue weighted by atomic mass is 9.85. The second-order valence-corrected chi connectivity index (χ2v) is 6.68. The van der Waals surface area contributed by atoms with Crippen molar-refractivity contribution in [3.8, 4) is 0 Å². The van der Waals surface area contributed by atoms with Crippen LogP contribution in [0.15, 0.2) is 5.38 Å². The first-order valence-corrected chi connectivity index (χ1v) is 7.61. The van der Waals surface area contributed by atoms with Crippen LogP contribution in [0, 0.1) is 12.3 Å². The summed E-state index contributed by atoms with van der Waals surface area (Å²) in [5.41, 5.74) is 1.55. The van der Waals surface area contributed by atoms with Crippen molar-refractivity contribution in [3.63, 3.8) is 0 Å². The molecule has 0 amide bonds. The van der Waals surface area contributed by atoms with Gasteiger partial charge in [0, 0.05) is 25.0 Å². The van der Waals surface area contributed by atoms with Crippen molar-refractivity contribution in [2.24, 2.45) is 5.41 Å². The molecule has 0 aliphatic rings. The van der Waals surface area contributed by atoms with E-state index in [-0.39, 0.29) is 0 Å². The fraction of sp³-hybridized carbons (Fsp3) is 0.786. The Hall–Kier alpha value is -0.450. The molecule has 1 N–H and O–H groups in total. The zero-order valence-corrected chi connectivity index (χ0v) is 13.2. The first-order chi connectivity index (χ1) is 8.49. The summed E-state index contributed by atoms with van der Waals surface area (Å²) in [6.07, 6.45) is 2.50. The maximum Gasteiger partial charge on any atom is 0.0897 e. The molecule has 104 valence electrons. The van der Waals surface area contributed by atoms with E-state index in [1.165, 1.54) is 18.5 Å². The van der Waals surface area contributed by atoms with Gasteiger partial charge in [0.2, 0.25) is 0 Å². The summed E-state index contributed by atoms with van der Waals surface area (Å²) in [6, 6.07) is 0. The largest absolute Gasteiger partial charge is 0.319 e. The van der Waals surface area contributed by atoms with E-state index in [0.29, 0.717) is 5.41 Å². The topological polar surface area (TPSA) is 28.2 Å². The minimum atomic E-state index is 0.351. The standard InChI is InChI=1S/C14H27N3S/c1-6-7-14(3,10-15-4)11-17(5)8-13-9-18-12(2)16-13/h9,15H,6-8,10-11H2,1-5H3. The number of nitrogens with zero attached hydrogens (tertiary/aromatic N) is 2. The Morgan fingerprint density at radius 1 is 1.50 bits per heavy atom. The first-order valence-electron chi connectivity index (χ1n) is 6.73. The number of hydrogen-bond donors (Lipinski definition) is 1. The number of hydrogen-bond acceptors (Lipinski definition) is 4. The van der Waals surface area contributed by atoms with Crippen molar-refractivity contribution < 1.29 is 0 Å². The van der Waals surface area contributed by atoms with Gasteiger partial charge in [-0.15, -0.1) is 11.3 Å². The van der Waals surface area contributed by atoms with Gasteiger partial charge in [-0.1, -0.05) is 20.3 Å². The van der Waals surface area contributed by atoms with Crippen LogP contribution in [0.5, 0.6) is 0 Å².